The molecule has 0 atom stereocenters. The fourth-order valence-corrected chi connectivity index (χ4v) is 2.75. The number of ether oxygens (including phenoxy) is 2. The summed E-state index contributed by atoms with van der Waals surface area (Å²) in [6, 6.07) is 23.2. The molecular formula is C23H16FNO3. The number of cyclic esters (lactones) is 1. The standard InChI is InChI=1S/C23H16FNO3/c24-20-12-5-4-11-19(20)22-25-21(23(26)28-22)14-17-9-6-10-18(13-17)27-15-16-7-2-1-3-8-16/h1-14H,15H2/b21-14-. The van der Waals surface area contributed by atoms with E-state index < -0.39 is 11.8 Å². The molecule has 0 fully saturated rings. The fraction of sp³-hybridized carbons (Fsp3) is 0.0435. The number of esters is 1. The molecular weight excluding hydrogens is 357 g/mol. The molecule has 3 aromatic rings. The van der Waals surface area contributed by atoms with Crippen molar-refractivity contribution in [3.05, 3.63) is 107 Å². The quantitative estimate of drug-likeness (QED) is 0.479. The number of hydrogen-bond acceptors (Lipinski definition) is 4. The van der Waals surface area contributed by atoms with Gasteiger partial charge in [0.1, 0.15) is 18.2 Å². The van der Waals surface area contributed by atoms with Gasteiger partial charge in [0.15, 0.2) is 5.70 Å². The second kappa shape index (κ2) is 7.88. The Morgan fingerprint density at radius 2 is 1.75 bits per heavy atom. The Morgan fingerprint density at radius 3 is 2.57 bits per heavy atom. The molecule has 0 aliphatic carbocycles. The molecule has 138 valence electrons. The van der Waals surface area contributed by atoms with E-state index in [0.717, 1.165) is 11.1 Å². The summed E-state index contributed by atoms with van der Waals surface area (Å²) < 4.78 is 24.8. The third-order valence-electron chi connectivity index (χ3n) is 4.13. The first-order valence-corrected chi connectivity index (χ1v) is 8.73. The van der Waals surface area contributed by atoms with Gasteiger partial charge in [-0.3, -0.25) is 0 Å². The maximum Gasteiger partial charge on any atom is 0.363 e. The first-order chi connectivity index (χ1) is 13.7. The summed E-state index contributed by atoms with van der Waals surface area (Å²) in [7, 11) is 0. The van der Waals surface area contributed by atoms with Crippen molar-refractivity contribution in [2.45, 2.75) is 6.61 Å². The molecule has 0 aromatic heterocycles. The number of carbonyl (C=O) groups is 1. The summed E-state index contributed by atoms with van der Waals surface area (Å²) in [5.74, 6) is -0.478. The Hall–Kier alpha value is -3.73. The van der Waals surface area contributed by atoms with Crippen LogP contribution in [0, 0.1) is 5.82 Å². The maximum absolute atomic E-state index is 13.9. The molecule has 0 N–H and O–H groups in total. The largest absolute Gasteiger partial charge is 0.489 e. The lowest BCUT2D eigenvalue weighted by Gasteiger charge is -2.07. The van der Waals surface area contributed by atoms with Gasteiger partial charge in [0.2, 0.25) is 5.90 Å². The summed E-state index contributed by atoms with van der Waals surface area (Å²) in [5.41, 5.74) is 2.05. The van der Waals surface area contributed by atoms with Gasteiger partial charge >= 0.3 is 5.97 Å². The van der Waals surface area contributed by atoms with Crippen LogP contribution in [0.1, 0.15) is 16.7 Å². The van der Waals surface area contributed by atoms with Crippen molar-refractivity contribution in [2.75, 3.05) is 0 Å². The minimum Gasteiger partial charge on any atom is -0.489 e. The SMILES string of the molecule is O=C1OC(c2ccccc2F)=N/C1=C\c1cccc(OCc2ccccc2)c1. The van der Waals surface area contributed by atoms with Crippen LogP contribution in [0.25, 0.3) is 6.08 Å². The first-order valence-electron chi connectivity index (χ1n) is 8.73. The third kappa shape index (κ3) is 3.99. The molecule has 0 saturated carbocycles. The highest BCUT2D eigenvalue weighted by atomic mass is 19.1. The van der Waals surface area contributed by atoms with Crippen LogP contribution in [0.4, 0.5) is 4.39 Å². The summed E-state index contributed by atoms with van der Waals surface area (Å²) in [4.78, 5) is 16.3. The Kier molecular flexibility index (Phi) is 4.97. The third-order valence-corrected chi connectivity index (χ3v) is 4.13. The van der Waals surface area contributed by atoms with Crippen LogP contribution < -0.4 is 4.74 Å². The Bertz CT molecular complexity index is 1070. The van der Waals surface area contributed by atoms with E-state index in [-0.39, 0.29) is 17.2 Å². The second-order valence-electron chi connectivity index (χ2n) is 6.16. The highest BCUT2D eigenvalue weighted by Gasteiger charge is 2.25. The molecule has 1 aliphatic heterocycles. The predicted molar refractivity (Wildman–Crippen MR) is 104 cm³/mol. The molecule has 1 heterocycles. The van der Waals surface area contributed by atoms with Crippen molar-refractivity contribution >= 4 is 17.9 Å². The Labute approximate surface area is 161 Å². The molecule has 0 radical (unpaired) electrons. The summed E-state index contributed by atoms with van der Waals surface area (Å²) in [5, 5.41) is 0. The van der Waals surface area contributed by atoms with Crippen LogP contribution in [0.3, 0.4) is 0 Å². The first kappa shape index (κ1) is 17.7. The highest BCUT2D eigenvalue weighted by molar-refractivity contribution is 6.12. The zero-order valence-electron chi connectivity index (χ0n) is 14.8. The molecule has 0 unspecified atom stereocenters. The summed E-state index contributed by atoms with van der Waals surface area (Å²) >= 11 is 0. The highest BCUT2D eigenvalue weighted by Crippen LogP contribution is 2.22. The smallest absolute Gasteiger partial charge is 0.363 e. The van der Waals surface area contributed by atoms with E-state index in [9.17, 15) is 9.18 Å². The van der Waals surface area contributed by atoms with Crippen LogP contribution in [0.15, 0.2) is 89.6 Å². The minimum absolute atomic E-state index is 0.0363. The molecule has 0 saturated heterocycles. The van der Waals surface area contributed by atoms with Crippen molar-refractivity contribution < 1.29 is 18.7 Å². The zero-order valence-corrected chi connectivity index (χ0v) is 14.8. The van der Waals surface area contributed by atoms with Crippen molar-refractivity contribution in [1.82, 2.24) is 0 Å². The van der Waals surface area contributed by atoms with Gasteiger partial charge in [-0.15, -0.1) is 0 Å². The van der Waals surface area contributed by atoms with Crippen LogP contribution in [0.2, 0.25) is 0 Å². The van der Waals surface area contributed by atoms with E-state index in [2.05, 4.69) is 4.99 Å². The summed E-state index contributed by atoms with van der Waals surface area (Å²) in [6.07, 6.45) is 1.59. The topological polar surface area (TPSA) is 47.9 Å². The van der Waals surface area contributed by atoms with Gasteiger partial charge in [0.25, 0.3) is 0 Å². The maximum atomic E-state index is 13.9. The number of carbonyl (C=O) groups excluding carboxylic acids is 1. The van der Waals surface area contributed by atoms with E-state index in [4.69, 9.17) is 9.47 Å². The van der Waals surface area contributed by atoms with Gasteiger partial charge < -0.3 is 9.47 Å². The normalized spacial score (nSPS) is 14.7. The number of aliphatic imine (C=N–C) groups is 1. The lowest BCUT2D eigenvalue weighted by atomic mass is 10.2. The van der Waals surface area contributed by atoms with Gasteiger partial charge in [-0.1, -0.05) is 54.6 Å². The molecule has 5 heteroatoms. The van der Waals surface area contributed by atoms with Crippen LogP contribution in [-0.4, -0.2) is 11.9 Å². The Balaban J connectivity index is 1.54. The van der Waals surface area contributed by atoms with E-state index >= 15 is 0 Å². The average molecular weight is 373 g/mol. The fourth-order valence-electron chi connectivity index (χ4n) is 2.75. The lowest BCUT2D eigenvalue weighted by Crippen LogP contribution is -2.07. The van der Waals surface area contributed by atoms with Crippen molar-refractivity contribution in [2.24, 2.45) is 4.99 Å². The van der Waals surface area contributed by atoms with E-state index in [1.54, 1.807) is 24.3 Å². The van der Waals surface area contributed by atoms with E-state index in [1.165, 1.54) is 12.1 Å². The second-order valence-corrected chi connectivity index (χ2v) is 6.16. The zero-order chi connectivity index (χ0) is 19.3. The monoisotopic (exact) mass is 373 g/mol. The van der Waals surface area contributed by atoms with Gasteiger partial charge in [-0.05, 0) is 41.5 Å². The lowest BCUT2D eigenvalue weighted by molar-refractivity contribution is -0.129. The van der Waals surface area contributed by atoms with Crippen LogP contribution >= 0.6 is 0 Å². The number of nitrogens with zero attached hydrogens (tertiary/aromatic N) is 1. The molecule has 3 aromatic carbocycles. The number of benzene rings is 3. The molecule has 4 rings (SSSR count). The average Bonchev–Trinajstić information content (AvgIpc) is 3.08. The Morgan fingerprint density at radius 1 is 0.964 bits per heavy atom. The van der Waals surface area contributed by atoms with Gasteiger partial charge in [0.05, 0.1) is 5.56 Å². The van der Waals surface area contributed by atoms with Crippen molar-refractivity contribution in [3.63, 3.8) is 0 Å². The molecule has 0 amide bonds. The van der Waals surface area contributed by atoms with Gasteiger partial charge in [-0.2, -0.15) is 0 Å². The van der Waals surface area contributed by atoms with E-state index in [0.29, 0.717) is 12.4 Å². The van der Waals surface area contributed by atoms with Crippen molar-refractivity contribution in [3.8, 4) is 5.75 Å². The molecule has 4 nitrogen and oxygen atoms in total. The number of halogens is 1. The number of hydrogen-bond donors (Lipinski definition) is 0. The molecule has 1 aliphatic rings. The van der Waals surface area contributed by atoms with Crippen LogP contribution in [-0.2, 0) is 16.1 Å². The summed E-state index contributed by atoms with van der Waals surface area (Å²) in [6.45, 7) is 0.443. The number of rotatable bonds is 5. The van der Waals surface area contributed by atoms with Gasteiger partial charge in [-0.25, -0.2) is 14.2 Å². The minimum atomic E-state index is -0.617. The van der Waals surface area contributed by atoms with E-state index in [1.807, 2.05) is 48.5 Å². The molecule has 0 spiro atoms. The van der Waals surface area contributed by atoms with Crippen LogP contribution in [0.5, 0.6) is 5.75 Å². The molecule has 28 heavy (non-hydrogen) atoms. The predicted octanol–water partition coefficient (Wildman–Crippen LogP) is 4.75. The van der Waals surface area contributed by atoms with Gasteiger partial charge in [0, 0.05) is 0 Å². The molecule has 0 bridgehead atoms. The van der Waals surface area contributed by atoms with Crippen molar-refractivity contribution in [1.29, 1.82) is 0 Å².